The smallest absolute Gasteiger partial charge is 0.254 e. The second-order valence-corrected chi connectivity index (χ2v) is 7.95. The summed E-state index contributed by atoms with van der Waals surface area (Å²) in [5.74, 6) is 0.522. The first kappa shape index (κ1) is 16.7. The van der Waals surface area contributed by atoms with E-state index in [0.717, 1.165) is 24.1 Å². The highest BCUT2D eigenvalue weighted by Crippen LogP contribution is 2.31. The van der Waals surface area contributed by atoms with Crippen LogP contribution in [0.1, 0.15) is 33.0 Å². The molecule has 1 aliphatic rings. The fourth-order valence-electron chi connectivity index (χ4n) is 2.97. The topological polar surface area (TPSA) is 72.1 Å². The molecule has 2 heterocycles. The van der Waals surface area contributed by atoms with Crippen molar-refractivity contribution < 1.29 is 4.79 Å². The molecule has 1 aromatic carbocycles. The molecular formula is C20H20N4OS. The molecule has 0 radical (unpaired) electrons. The maximum absolute atomic E-state index is 13.0. The van der Waals surface area contributed by atoms with E-state index in [-0.39, 0.29) is 5.91 Å². The molecule has 0 bridgehead atoms. The first-order chi connectivity index (χ1) is 12.6. The Bertz CT molecular complexity index is 931. The minimum atomic E-state index is 0.0901. The summed E-state index contributed by atoms with van der Waals surface area (Å²) in [5, 5.41) is 0. The Morgan fingerprint density at radius 3 is 2.58 bits per heavy atom. The van der Waals surface area contributed by atoms with E-state index >= 15 is 0 Å². The van der Waals surface area contributed by atoms with Gasteiger partial charge < -0.3 is 10.6 Å². The molecule has 1 aliphatic carbocycles. The van der Waals surface area contributed by atoms with Gasteiger partial charge in [-0.05, 0) is 44.0 Å². The molecule has 0 aliphatic heterocycles. The van der Waals surface area contributed by atoms with Gasteiger partial charge in [-0.15, -0.1) is 11.3 Å². The van der Waals surface area contributed by atoms with Gasteiger partial charge in [0.05, 0.1) is 12.2 Å². The van der Waals surface area contributed by atoms with Gasteiger partial charge in [0.1, 0.15) is 12.1 Å². The first-order valence-electron chi connectivity index (χ1n) is 8.64. The van der Waals surface area contributed by atoms with Gasteiger partial charge in [-0.2, -0.15) is 0 Å². The molecule has 2 N–H and O–H groups in total. The summed E-state index contributed by atoms with van der Waals surface area (Å²) in [7, 11) is 0. The van der Waals surface area contributed by atoms with E-state index < -0.39 is 0 Å². The van der Waals surface area contributed by atoms with Crippen LogP contribution >= 0.6 is 11.3 Å². The molecule has 1 fully saturated rings. The number of carbonyl (C=O) groups is 1. The fraction of sp³-hybridized carbons (Fsp3) is 0.250. The molecule has 0 atom stereocenters. The zero-order chi connectivity index (χ0) is 18.1. The number of aryl methyl sites for hydroxylation is 1. The molecule has 4 rings (SSSR count). The lowest BCUT2D eigenvalue weighted by Crippen LogP contribution is -2.32. The summed E-state index contributed by atoms with van der Waals surface area (Å²) < 4.78 is 0. The minimum Gasteiger partial charge on any atom is -0.384 e. The number of nitrogens with two attached hydrogens (primary N) is 1. The molecule has 5 nitrogen and oxygen atoms in total. The molecular weight excluding hydrogens is 344 g/mol. The first-order valence-corrected chi connectivity index (χ1v) is 9.46. The van der Waals surface area contributed by atoms with E-state index in [1.54, 1.807) is 17.4 Å². The summed E-state index contributed by atoms with van der Waals surface area (Å²) in [6, 6.07) is 13.9. The second-order valence-electron chi connectivity index (χ2n) is 6.58. The Labute approximate surface area is 156 Å². The van der Waals surface area contributed by atoms with Crippen molar-refractivity contribution in [2.24, 2.45) is 0 Å². The lowest BCUT2D eigenvalue weighted by molar-refractivity contribution is 0.0731. The van der Waals surface area contributed by atoms with Crippen molar-refractivity contribution in [3.05, 3.63) is 64.1 Å². The number of hydrogen-bond donors (Lipinski definition) is 1. The van der Waals surface area contributed by atoms with Gasteiger partial charge in [-0.1, -0.05) is 12.1 Å². The van der Waals surface area contributed by atoms with Gasteiger partial charge in [0.2, 0.25) is 0 Å². The standard InChI is InChI=1S/C20H20N4OS/c1-13-2-9-17(26-13)11-24(16-7-8-16)20(25)15-5-3-14(4-6-15)18-10-19(21)23-12-22-18/h2-6,9-10,12,16H,7-8,11H2,1H3,(H2,21,22,23). The SMILES string of the molecule is Cc1ccc(CN(C(=O)c2ccc(-c3cc(N)ncn3)cc2)C2CC2)s1. The van der Waals surface area contributed by atoms with Crippen molar-refractivity contribution in [2.75, 3.05) is 5.73 Å². The summed E-state index contributed by atoms with van der Waals surface area (Å²) in [5.41, 5.74) is 8.10. The van der Waals surface area contributed by atoms with Crippen molar-refractivity contribution in [1.29, 1.82) is 0 Å². The van der Waals surface area contributed by atoms with Crippen LogP contribution in [0.15, 0.2) is 48.8 Å². The molecule has 1 amide bonds. The number of hydrogen-bond acceptors (Lipinski definition) is 5. The normalized spacial score (nSPS) is 13.6. The van der Waals surface area contributed by atoms with Gasteiger partial charge in [0.15, 0.2) is 0 Å². The van der Waals surface area contributed by atoms with Crippen LogP contribution in [-0.2, 0) is 6.54 Å². The van der Waals surface area contributed by atoms with Crippen molar-refractivity contribution in [2.45, 2.75) is 32.4 Å². The lowest BCUT2D eigenvalue weighted by atomic mass is 10.1. The van der Waals surface area contributed by atoms with E-state index in [1.165, 1.54) is 16.1 Å². The predicted octanol–water partition coefficient (Wildman–Crippen LogP) is 3.90. The highest BCUT2D eigenvalue weighted by atomic mass is 32.1. The van der Waals surface area contributed by atoms with Gasteiger partial charge in [-0.3, -0.25) is 4.79 Å². The zero-order valence-electron chi connectivity index (χ0n) is 14.6. The van der Waals surface area contributed by atoms with Crippen molar-refractivity contribution in [3.8, 4) is 11.3 Å². The molecule has 0 unspecified atom stereocenters. The minimum absolute atomic E-state index is 0.0901. The number of anilines is 1. The molecule has 6 heteroatoms. The zero-order valence-corrected chi connectivity index (χ0v) is 15.4. The number of nitrogen functional groups attached to an aromatic ring is 1. The molecule has 3 aromatic rings. The van der Waals surface area contributed by atoms with Crippen LogP contribution < -0.4 is 5.73 Å². The highest BCUT2D eigenvalue weighted by Gasteiger charge is 2.33. The third-order valence-corrected chi connectivity index (χ3v) is 5.47. The van der Waals surface area contributed by atoms with Crippen LogP contribution in [0, 0.1) is 6.92 Å². The average Bonchev–Trinajstić information content (AvgIpc) is 3.41. The third kappa shape index (κ3) is 3.60. The van der Waals surface area contributed by atoms with Gasteiger partial charge >= 0.3 is 0 Å². The third-order valence-electron chi connectivity index (χ3n) is 4.49. The molecule has 26 heavy (non-hydrogen) atoms. The number of nitrogens with zero attached hydrogens (tertiary/aromatic N) is 3. The van der Waals surface area contributed by atoms with Crippen LogP contribution in [0.25, 0.3) is 11.3 Å². The second kappa shape index (κ2) is 6.88. The van der Waals surface area contributed by atoms with Gasteiger partial charge in [-0.25, -0.2) is 9.97 Å². The fourth-order valence-corrected chi connectivity index (χ4v) is 3.86. The molecule has 1 saturated carbocycles. The Morgan fingerprint density at radius 2 is 1.96 bits per heavy atom. The highest BCUT2D eigenvalue weighted by molar-refractivity contribution is 7.11. The van der Waals surface area contributed by atoms with Crippen LogP contribution in [0.3, 0.4) is 0 Å². The predicted molar refractivity (Wildman–Crippen MR) is 104 cm³/mol. The number of rotatable bonds is 5. The molecule has 132 valence electrons. The van der Waals surface area contributed by atoms with E-state index in [2.05, 4.69) is 29.0 Å². The quantitative estimate of drug-likeness (QED) is 0.745. The Balaban J connectivity index is 1.54. The van der Waals surface area contributed by atoms with Gasteiger partial charge in [0, 0.05) is 33.0 Å². The Kier molecular flexibility index (Phi) is 4.42. The number of thiophene rings is 1. The summed E-state index contributed by atoms with van der Waals surface area (Å²) in [4.78, 5) is 25.7. The van der Waals surface area contributed by atoms with Crippen LogP contribution in [0.5, 0.6) is 0 Å². The van der Waals surface area contributed by atoms with Crippen molar-refractivity contribution in [1.82, 2.24) is 14.9 Å². The maximum atomic E-state index is 13.0. The van der Waals surface area contributed by atoms with Gasteiger partial charge in [0.25, 0.3) is 5.91 Å². The molecule has 2 aromatic heterocycles. The summed E-state index contributed by atoms with van der Waals surface area (Å²) in [6.07, 6.45) is 3.63. The number of amides is 1. The average molecular weight is 364 g/mol. The Morgan fingerprint density at radius 1 is 1.19 bits per heavy atom. The van der Waals surface area contributed by atoms with Crippen LogP contribution in [0.2, 0.25) is 0 Å². The number of aromatic nitrogens is 2. The van der Waals surface area contributed by atoms with E-state index in [9.17, 15) is 4.79 Å². The Hall–Kier alpha value is -2.73. The van der Waals surface area contributed by atoms with Crippen LogP contribution in [-0.4, -0.2) is 26.8 Å². The lowest BCUT2D eigenvalue weighted by Gasteiger charge is -2.22. The summed E-state index contributed by atoms with van der Waals surface area (Å²) in [6.45, 7) is 2.78. The largest absolute Gasteiger partial charge is 0.384 e. The molecule has 0 saturated heterocycles. The van der Waals surface area contributed by atoms with E-state index in [0.29, 0.717) is 24.0 Å². The van der Waals surface area contributed by atoms with E-state index in [4.69, 9.17) is 5.73 Å². The van der Waals surface area contributed by atoms with Crippen LogP contribution in [0.4, 0.5) is 5.82 Å². The number of benzene rings is 1. The molecule has 0 spiro atoms. The van der Waals surface area contributed by atoms with Crippen molar-refractivity contribution >= 4 is 23.1 Å². The van der Waals surface area contributed by atoms with E-state index in [1.807, 2.05) is 29.2 Å². The summed E-state index contributed by atoms with van der Waals surface area (Å²) >= 11 is 1.75. The van der Waals surface area contributed by atoms with Crippen molar-refractivity contribution in [3.63, 3.8) is 0 Å². The number of carbonyl (C=O) groups excluding carboxylic acids is 1. The maximum Gasteiger partial charge on any atom is 0.254 e. The monoisotopic (exact) mass is 364 g/mol.